The van der Waals surface area contributed by atoms with Crippen LogP contribution in [0.2, 0.25) is 0 Å². The first-order valence-electron chi connectivity index (χ1n) is 9.34. The average Bonchev–Trinajstić information content (AvgIpc) is 3.06. The Labute approximate surface area is 179 Å². The number of ether oxygens (including phenoxy) is 4. The van der Waals surface area contributed by atoms with Crippen molar-refractivity contribution < 1.29 is 33.3 Å². The van der Waals surface area contributed by atoms with Crippen LogP contribution in [-0.4, -0.2) is 45.3 Å². The number of rotatable bonds is 9. The average molecular weight is 435 g/mol. The molecule has 0 saturated heterocycles. The zero-order valence-electron chi connectivity index (χ0n) is 17.6. The zero-order chi connectivity index (χ0) is 22.3. The first kappa shape index (κ1) is 23.2. The standard InChI is InChI=1S/C21H25NO7S/c1-6-14-12(3)30-19(18(14)21(25)28-7-2)22-17(23)11-29-20(24)15-9-8-13(26-4)10-16(15)27-5/h8-10H,6-7,11H2,1-5H3,(H,22,23). The Balaban J connectivity index is 2.10. The molecule has 8 nitrogen and oxygen atoms in total. The Morgan fingerprint density at radius 3 is 2.37 bits per heavy atom. The number of carbonyl (C=O) groups is 3. The van der Waals surface area contributed by atoms with Gasteiger partial charge in [-0.05, 0) is 38.0 Å². The first-order valence-corrected chi connectivity index (χ1v) is 10.2. The minimum Gasteiger partial charge on any atom is -0.497 e. The fourth-order valence-corrected chi connectivity index (χ4v) is 4.00. The molecule has 0 aliphatic heterocycles. The van der Waals surface area contributed by atoms with Gasteiger partial charge in [-0.3, -0.25) is 4.79 Å². The van der Waals surface area contributed by atoms with E-state index in [-0.39, 0.29) is 17.9 Å². The molecule has 1 aromatic heterocycles. The van der Waals surface area contributed by atoms with Gasteiger partial charge in [0, 0.05) is 10.9 Å². The molecule has 0 aliphatic rings. The highest BCUT2D eigenvalue weighted by atomic mass is 32.1. The van der Waals surface area contributed by atoms with Crippen LogP contribution in [0.3, 0.4) is 0 Å². The number of nitrogens with one attached hydrogen (secondary N) is 1. The highest BCUT2D eigenvalue weighted by Crippen LogP contribution is 2.34. The molecule has 0 fully saturated rings. The summed E-state index contributed by atoms with van der Waals surface area (Å²) in [7, 11) is 2.91. The van der Waals surface area contributed by atoms with E-state index in [1.165, 1.54) is 31.6 Å². The van der Waals surface area contributed by atoms with Gasteiger partial charge >= 0.3 is 11.9 Å². The monoisotopic (exact) mass is 435 g/mol. The Kier molecular flexibility index (Phi) is 8.23. The third-order valence-electron chi connectivity index (χ3n) is 4.26. The molecule has 2 aromatic rings. The summed E-state index contributed by atoms with van der Waals surface area (Å²) in [6, 6.07) is 4.63. The smallest absolute Gasteiger partial charge is 0.342 e. The predicted octanol–water partition coefficient (Wildman–Crippen LogP) is 3.61. The lowest BCUT2D eigenvalue weighted by atomic mass is 10.1. The van der Waals surface area contributed by atoms with E-state index in [0.717, 1.165) is 10.4 Å². The van der Waals surface area contributed by atoms with Crippen LogP contribution in [-0.2, 0) is 20.7 Å². The maximum absolute atomic E-state index is 12.4. The maximum Gasteiger partial charge on any atom is 0.342 e. The summed E-state index contributed by atoms with van der Waals surface area (Å²) in [5.41, 5.74) is 1.34. The molecule has 1 heterocycles. The molecule has 30 heavy (non-hydrogen) atoms. The summed E-state index contributed by atoms with van der Waals surface area (Å²) in [4.78, 5) is 38.0. The van der Waals surface area contributed by atoms with Gasteiger partial charge in [-0.25, -0.2) is 9.59 Å². The van der Waals surface area contributed by atoms with Crippen LogP contribution in [0.1, 0.15) is 45.0 Å². The topological polar surface area (TPSA) is 100 Å². The van der Waals surface area contributed by atoms with Crippen molar-refractivity contribution in [1.29, 1.82) is 0 Å². The predicted molar refractivity (Wildman–Crippen MR) is 113 cm³/mol. The van der Waals surface area contributed by atoms with Gasteiger partial charge in [0.25, 0.3) is 5.91 Å². The summed E-state index contributed by atoms with van der Waals surface area (Å²) in [6.07, 6.45) is 0.624. The van der Waals surface area contributed by atoms with Gasteiger partial charge in [0.05, 0.1) is 26.4 Å². The molecule has 0 aliphatic carbocycles. The van der Waals surface area contributed by atoms with Crippen LogP contribution < -0.4 is 14.8 Å². The summed E-state index contributed by atoms with van der Waals surface area (Å²) >= 11 is 1.28. The number of hydrogen-bond donors (Lipinski definition) is 1. The van der Waals surface area contributed by atoms with Crippen LogP contribution in [0.15, 0.2) is 18.2 Å². The number of aryl methyl sites for hydroxylation is 1. The summed E-state index contributed by atoms with van der Waals surface area (Å²) in [5, 5.41) is 3.03. The SMILES string of the molecule is CCOC(=O)c1c(NC(=O)COC(=O)c2ccc(OC)cc2OC)sc(C)c1CC. The molecule has 9 heteroatoms. The fourth-order valence-electron chi connectivity index (χ4n) is 2.85. The van der Waals surface area contributed by atoms with E-state index in [0.29, 0.717) is 22.7 Å². The van der Waals surface area contributed by atoms with Crippen LogP contribution in [0.25, 0.3) is 0 Å². The number of carbonyl (C=O) groups excluding carboxylic acids is 3. The Bertz CT molecular complexity index is 936. The molecule has 0 atom stereocenters. The van der Waals surface area contributed by atoms with Gasteiger partial charge in [0.1, 0.15) is 22.1 Å². The van der Waals surface area contributed by atoms with Crippen LogP contribution in [0, 0.1) is 6.92 Å². The summed E-state index contributed by atoms with van der Waals surface area (Å²) < 4.78 is 20.5. The van der Waals surface area contributed by atoms with Gasteiger partial charge in [-0.2, -0.15) is 0 Å². The third kappa shape index (κ3) is 5.29. The highest BCUT2D eigenvalue weighted by Gasteiger charge is 2.24. The molecule has 1 amide bonds. The summed E-state index contributed by atoms with van der Waals surface area (Å²) in [6.45, 7) is 5.22. The van der Waals surface area contributed by atoms with Gasteiger partial charge in [0.2, 0.25) is 0 Å². The first-order chi connectivity index (χ1) is 14.4. The second-order valence-electron chi connectivity index (χ2n) is 6.11. The number of thiophene rings is 1. The quantitative estimate of drug-likeness (QED) is 0.601. The zero-order valence-corrected chi connectivity index (χ0v) is 18.4. The van der Waals surface area contributed by atoms with Crippen LogP contribution in [0.4, 0.5) is 5.00 Å². The van der Waals surface area contributed by atoms with Gasteiger partial charge in [-0.1, -0.05) is 6.92 Å². The van der Waals surface area contributed by atoms with Crippen molar-refractivity contribution in [2.24, 2.45) is 0 Å². The van der Waals surface area contributed by atoms with Crippen molar-refractivity contribution in [1.82, 2.24) is 0 Å². The van der Waals surface area contributed by atoms with Gasteiger partial charge in [-0.15, -0.1) is 11.3 Å². The van der Waals surface area contributed by atoms with Crippen molar-refractivity contribution in [2.75, 3.05) is 32.8 Å². The summed E-state index contributed by atoms with van der Waals surface area (Å²) in [5.74, 6) is -0.982. The van der Waals surface area contributed by atoms with E-state index < -0.39 is 24.5 Å². The van der Waals surface area contributed by atoms with E-state index in [9.17, 15) is 14.4 Å². The Hall–Kier alpha value is -3.07. The second-order valence-corrected chi connectivity index (χ2v) is 7.33. The van der Waals surface area contributed by atoms with Crippen molar-refractivity contribution >= 4 is 34.2 Å². The van der Waals surface area contributed by atoms with Crippen molar-refractivity contribution in [2.45, 2.75) is 27.2 Å². The Morgan fingerprint density at radius 1 is 1.03 bits per heavy atom. The third-order valence-corrected chi connectivity index (χ3v) is 5.32. The molecule has 1 aromatic carbocycles. The highest BCUT2D eigenvalue weighted by molar-refractivity contribution is 7.16. The molecule has 0 spiro atoms. The van der Waals surface area contributed by atoms with Crippen LogP contribution in [0.5, 0.6) is 11.5 Å². The number of hydrogen-bond acceptors (Lipinski definition) is 8. The maximum atomic E-state index is 12.4. The lowest BCUT2D eigenvalue weighted by molar-refractivity contribution is -0.119. The second kappa shape index (κ2) is 10.6. The van der Waals surface area contributed by atoms with Gasteiger partial charge in [0.15, 0.2) is 6.61 Å². The molecular formula is C21H25NO7S. The normalized spacial score (nSPS) is 10.3. The van der Waals surface area contributed by atoms with Crippen molar-refractivity contribution in [3.8, 4) is 11.5 Å². The van der Waals surface area contributed by atoms with E-state index >= 15 is 0 Å². The molecule has 0 unspecified atom stereocenters. The minimum absolute atomic E-state index is 0.165. The van der Waals surface area contributed by atoms with Crippen molar-refractivity contribution in [3.63, 3.8) is 0 Å². The number of esters is 2. The molecule has 2 rings (SSSR count). The molecular weight excluding hydrogens is 410 g/mol. The molecule has 0 saturated carbocycles. The largest absolute Gasteiger partial charge is 0.497 e. The molecule has 0 radical (unpaired) electrons. The lowest BCUT2D eigenvalue weighted by Gasteiger charge is -2.11. The van der Waals surface area contributed by atoms with Gasteiger partial charge < -0.3 is 24.3 Å². The van der Waals surface area contributed by atoms with E-state index in [1.807, 2.05) is 13.8 Å². The van der Waals surface area contributed by atoms with E-state index in [1.54, 1.807) is 19.1 Å². The van der Waals surface area contributed by atoms with Crippen molar-refractivity contribution in [3.05, 3.63) is 39.8 Å². The van der Waals surface area contributed by atoms with E-state index in [4.69, 9.17) is 18.9 Å². The number of benzene rings is 1. The number of methoxy groups -OCH3 is 2. The minimum atomic E-state index is -0.716. The fraction of sp³-hybridized carbons (Fsp3) is 0.381. The van der Waals surface area contributed by atoms with E-state index in [2.05, 4.69) is 5.32 Å². The number of anilines is 1. The lowest BCUT2D eigenvalue weighted by Crippen LogP contribution is -2.22. The molecule has 162 valence electrons. The molecule has 0 bridgehead atoms. The number of amides is 1. The van der Waals surface area contributed by atoms with Crippen LogP contribution >= 0.6 is 11.3 Å². The molecule has 1 N–H and O–H groups in total. The Morgan fingerprint density at radius 2 is 1.77 bits per heavy atom.